The monoisotopic (exact) mass is 312 g/mol. The van der Waals surface area contributed by atoms with Crippen molar-refractivity contribution in [3.05, 3.63) is 0 Å². The first kappa shape index (κ1) is 19.0. The predicted molar refractivity (Wildman–Crippen MR) is 87.8 cm³/mol. The molecule has 1 atom stereocenters. The Labute approximate surface area is 133 Å². The van der Waals surface area contributed by atoms with Crippen LogP contribution in [0.15, 0.2) is 0 Å². The van der Waals surface area contributed by atoms with Crippen molar-refractivity contribution in [3.8, 4) is 0 Å². The summed E-state index contributed by atoms with van der Waals surface area (Å²) in [7, 11) is 2.08. The highest BCUT2D eigenvalue weighted by Crippen LogP contribution is 2.31. The average Bonchev–Trinajstić information content (AvgIpc) is 2.46. The number of hydrogen-bond donors (Lipinski definition) is 3. The number of carboxylic acids is 2. The fraction of sp³-hybridized carbons (Fsp3) is 0.867. The van der Waals surface area contributed by atoms with Crippen molar-refractivity contribution in [2.45, 2.75) is 57.3 Å². The van der Waals surface area contributed by atoms with Gasteiger partial charge in [0, 0.05) is 6.54 Å². The van der Waals surface area contributed by atoms with Crippen LogP contribution in [0, 0.1) is 5.41 Å². The minimum Gasteiger partial charge on any atom is -0.481 e. The molecule has 0 spiro atoms. The standard InChI is InChI=1S/C15H29BN2O4/c1-14(12(19)20)5-9-18(10-6-14)11-7-15(17,13(21)22)4-2-3-8-16/h2-11,16-17H2,1H3,(H,19,20)(H,21,22). The van der Waals surface area contributed by atoms with E-state index >= 15 is 0 Å². The molecule has 1 saturated heterocycles. The van der Waals surface area contributed by atoms with Crippen LogP contribution in [0.5, 0.6) is 0 Å². The zero-order chi connectivity index (χ0) is 16.8. The summed E-state index contributed by atoms with van der Waals surface area (Å²) in [5, 5.41) is 18.6. The lowest BCUT2D eigenvalue weighted by molar-refractivity contribution is -0.150. The van der Waals surface area contributed by atoms with Gasteiger partial charge in [-0.25, -0.2) is 0 Å². The van der Waals surface area contributed by atoms with Gasteiger partial charge >= 0.3 is 11.9 Å². The van der Waals surface area contributed by atoms with E-state index in [1.54, 1.807) is 6.92 Å². The maximum absolute atomic E-state index is 11.5. The molecule has 0 radical (unpaired) electrons. The molecular weight excluding hydrogens is 283 g/mol. The normalized spacial score (nSPS) is 21.2. The highest BCUT2D eigenvalue weighted by Gasteiger charge is 2.38. The fourth-order valence-corrected chi connectivity index (χ4v) is 2.87. The summed E-state index contributed by atoms with van der Waals surface area (Å²) in [6.07, 6.45) is 4.97. The second-order valence-corrected chi connectivity index (χ2v) is 6.88. The number of carboxylic acid groups (broad SMARTS) is 2. The largest absolute Gasteiger partial charge is 0.481 e. The lowest BCUT2D eigenvalue weighted by Gasteiger charge is -2.37. The van der Waals surface area contributed by atoms with Crippen LogP contribution >= 0.6 is 0 Å². The van der Waals surface area contributed by atoms with Crippen molar-refractivity contribution in [1.29, 1.82) is 0 Å². The Balaban J connectivity index is 2.47. The van der Waals surface area contributed by atoms with E-state index < -0.39 is 22.9 Å². The highest BCUT2D eigenvalue weighted by molar-refractivity contribution is 6.08. The van der Waals surface area contributed by atoms with E-state index in [-0.39, 0.29) is 0 Å². The fourth-order valence-electron chi connectivity index (χ4n) is 2.87. The number of nitrogens with zero attached hydrogens (tertiary/aromatic N) is 1. The highest BCUT2D eigenvalue weighted by atomic mass is 16.4. The smallest absolute Gasteiger partial charge is 0.323 e. The van der Waals surface area contributed by atoms with Crippen molar-refractivity contribution in [1.82, 2.24) is 4.90 Å². The summed E-state index contributed by atoms with van der Waals surface area (Å²) in [4.78, 5) is 24.8. The Kier molecular flexibility index (Phi) is 6.87. The van der Waals surface area contributed by atoms with E-state index in [4.69, 9.17) is 5.73 Å². The number of likely N-dealkylation sites (tertiary alicyclic amines) is 1. The maximum Gasteiger partial charge on any atom is 0.323 e. The van der Waals surface area contributed by atoms with Gasteiger partial charge in [-0.1, -0.05) is 19.2 Å². The molecule has 1 unspecified atom stereocenters. The quantitative estimate of drug-likeness (QED) is 0.425. The molecule has 1 fully saturated rings. The Bertz CT molecular complexity index is 397. The van der Waals surface area contributed by atoms with Crippen LogP contribution in [0.25, 0.3) is 0 Å². The molecule has 1 aliphatic rings. The molecule has 0 amide bonds. The van der Waals surface area contributed by atoms with Gasteiger partial charge in [-0.3, -0.25) is 9.59 Å². The van der Waals surface area contributed by atoms with Gasteiger partial charge in [-0.05, 0) is 45.7 Å². The summed E-state index contributed by atoms with van der Waals surface area (Å²) in [5.74, 6) is -1.68. The van der Waals surface area contributed by atoms with Gasteiger partial charge in [-0.15, -0.1) is 0 Å². The van der Waals surface area contributed by atoms with Crippen molar-refractivity contribution < 1.29 is 19.8 Å². The number of unbranched alkanes of at least 4 members (excludes halogenated alkanes) is 1. The van der Waals surface area contributed by atoms with Crippen molar-refractivity contribution >= 4 is 19.8 Å². The number of aliphatic carboxylic acids is 2. The third-order valence-corrected chi connectivity index (χ3v) is 5.00. The van der Waals surface area contributed by atoms with Gasteiger partial charge in [0.05, 0.1) is 5.41 Å². The SMILES string of the molecule is BCCCCC(N)(CCN1CCC(C)(C(=O)O)CC1)C(=O)O. The van der Waals surface area contributed by atoms with Crippen molar-refractivity contribution in [2.24, 2.45) is 11.1 Å². The van der Waals surface area contributed by atoms with Crippen LogP contribution in [-0.4, -0.2) is 60.1 Å². The Morgan fingerprint density at radius 1 is 1.23 bits per heavy atom. The van der Waals surface area contributed by atoms with Crippen molar-refractivity contribution in [2.75, 3.05) is 19.6 Å². The van der Waals surface area contributed by atoms with E-state index in [2.05, 4.69) is 12.7 Å². The minimum atomic E-state index is -1.16. The van der Waals surface area contributed by atoms with E-state index in [1.807, 2.05) is 0 Å². The molecule has 1 aliphatic heterocycles. The zero-order valence-corrected chi connectivity index (χ0v) is 13.8. The summed E-state index contributed by atoms with van der Waals surface area (Å²) >= 11 is 0. The van der Waals surface area contributed by atoms with Crippen LogP contribution in [0.4, 0.5) is 0 Å². The Hall–Kier alpha value is -1.08. The van der Waals surface area contributed by atoms with Crippen LogP contribution in [0.3, 0.4) is 0 Å². The van der Waals surface area contributed by atoms with Crippen LogP contribution in [0.2, 0.25) is 6.32 Å². The van der Waals surface area contributed by atoms with Gasteiger partial charge in [0.1, 0.15) is 13.4 Å². The molecule has 1 heterocycles. The molecule has 0 saturated carbocycles. The van der Waals surface area contributed by atoms with E-state index in [1.165, 1.54) is 0 Å². The lowest BCUT2D eigenvalue weighted by atomic mass is 9.80. The second kappa shape index (κ2) is 7.97. The molecule has 0 aromatic heterocycles. The lowest BCUT2D eigenvalue weighted by Crippen LogP contribution is -2.51. The molecule has 22 heavy (non-hydrogen) atoms. The predicted octanol–water partition coefficient (Wildman–Crippen LogP) is 0.567. The zero-order valence-electron chi connectivity index (χ0n) is 13.8. The molecular formula is C15H29BN2O4. The third-order valence-electron chi connectivity index (χ3n) is 5.00. The molecule has 126 valence electrons. The van der Waals surface area contributed by atoms with Gasteiger partial charge in [0.15, 0.2) is 0 Å². The molecule has 0 aromatic carbocycles. The first-order chi connectivity index (χ1) is 10.2. The minimum absolute atomic E-state index is 0.413. The summed E-state index contributed by atoms with van der Waals surface area (Å²) in [5.41, 5.74) is 4.27. The summed E-state index contributed by atoms with van der Waals surface area (Å²) in [6, 6.07) is 0. The third kappa shape index (κ3) is 4.99. The summed E-state index contributed by atoms with van der Waals surface area (Å²) < 4.78 is 0. The number of nitrogens with two attached hydrogens (primary N) is 1. The van der Waals surface area contributed by atoms with E-state index in [0.29, 0.717) is 45.3 Å². The Morgan fingerprint density at radius 3 is 2.27 bits per heavy atom. The number of carbonyl (C=O) groups is 2. The Morgan fingerprint density at radius 2 is 1.82 bits per heavy atom. The number of rotatable bonds is 9. The molecule has 7 heteroatoms. The molecule has 1 rings (SSSR count). The van der Waals surface area contributed by atoms with E-state index in [9.17, 15) is 19.8 Å². The topological polar surface area (TPSA) is 104 Å². The molecule has 0 bridgehead atoms. The average molecular weight is 312 g/mol. The van der Waals surface area contributed by atoms with Crippen LogP contribution < -0.4 is 5.73 Å². The second-order valence-electron chi connectivity index (χ2n) is 6.88. The van der Waals surface area contributed by atoms with Gasteiger partial charge in [0.25, 0.3) is 0 Å². The van der Waals surface area contributed by atoms with Crippen LogP contribution in [0.1, 0.15) is 45.4 Å². The van der Waals surface area contributed by atoms with Crippen molar-refractivity contribution in [3.63, 3.8) is 0 Å². The van der Waals surface area contributed by atoms with Gasteiger partial charge < -0.3 is 20.8 Å². The van der Waals surface area contributed by atoms with Gasteiger partial charge in [0.2, 0.25) is 0 Å². The molecule has 0 aliphatic carbocycles. The molecule has 6 nitrogen and oxygen atoms in total. The first-order valence-corrected chi connectivity index (χ1v) is 8.21. The molecule has 4 N–H and O–H groups in total. The first-order valence-electron chi connectivity index (χ1n) is 8.21. The number of piperidine rings is 1. The van der Waals surface area contributed by atoms with Gasteiger partial charge in [-0.2, -0.15) is 0 Å². The number of hydrogen-bond acceptors (Lipinski definition) is 4. The summed E-state index contributed by atoms with van der Waals surface area (Å²) in [6.45, 7) is 3.77. The van der Waals surface area contributed by atoms with E-state index in [0.717, 1.165) is 19.2 Å². The molecule has 0 aromatic rings. The van der Waals surface area contributed by atoms with Crippen LogP contribution in [-0.2, 0) is 9.59 Å². The maximum atomic E-state index is 11.5.